The summed E-state index contributed by atoms with van der Waals surface area (Å²) >= 11 is 6.44. The molecule has 2 aromatic rings. The van der Waals surface area contributed by atoms with Gasteiger partial charge in [0.05, 0.1) is 16.3 Å². The molecule has 5 heteroatoms. The first-order valence-corrected chi connectivity index (χ1v) is 7.51. The Morgan fingerprint density at radius 3 is 2.41 bits per heavy atom. The normalized spacial score (nSPS) is 13.2. The van der Waals surface area contributed by atoms with Crippen molar-refractivity contribution in [2.45, 2.75) is 32.3 Å². The zero-order valence-corrected chi connectivity index (χ0v) is 13.7. The van der Waals surface area contributed by atoms with E-state index in [-0.39, 0.29) is 11.7 Å². The number of nitrogens with two attached hydrogens (primary N) is 1. The SMILES string of the molecule is CC(CN)c1cc(C(C)(C)O)c(Cl)c(-c2ccc(F)cc2)n1. The molecule has 3 N–H and O–H groups in total. The molecule has 1 atom stereocenters. The van der Waals surface area contributed by atoms with E-state index >= 15 is 0 Å². The molecule has 22 heavy (non-hydrogen) atoms. The summed E-state index contributed by atoms with van der Waals surface area (Å²) in [5.74, 6) is -0.299. The van der Waals surface area contributed by atoms with Crippen LogP contribution in [0.1, 0.15) is 37.9 Å². The molecular formula is C17H20ClFN2O. The minimum absolute atomic E-state index is 0.0255. The molecule has 0 aliphatic rings. The quantitative estimate of drug-likeness (QED) is 0.899. The van der Waals surface area contributed by atoms with Crippen LogP contribution >= 0.6 is 11.6 Å². The molecule has 3 nitrogen and oxygen atoms in total. The fourth-order valence-corrected chi connectivity index (χ4v) is 2.60. The van der Waals surface area contributed by atoms with Gasteiger partial charge in [-0.05, 0) is 44.2 Å². The Morgan fingerprint density at radius 2 is 1.91 bits per heavy atom. The van der Waals surface area contributed by atoms with Crippen molar-refractivity contribution >= 4 is 11.6 Å². The lowest BCUT2D eigenvalue weighted by Crippen LogP contribution is -2.19. The van der Waals surface area contributed by atoms with Gasteiger partial charge < -0.3 is 10.8 Å². The Bertz CT molecular complexity index is 666. The number of nitrogens with zero attached hydrogens (tertiary/aromatic N) is 1. The van der Waals surface area contributed by atoms with Gasteiger partial charge >= 0.3 is 0 Å². The van der Waals surface area contributed by atoms with Crippen molar-refractivity contribution in [3.8, 4) is 11.3 Å². The zero-order chi connectivity index (χ0) is 16.5. The van der Waals surface area contributed by atoms with Crippen LogP contribution in [0.3, 0.4) is 0 Å². The van der Waals surface area contributed by atoms with Crippen molar-refractivity contribution in [2.75, 3.05) is 6.54 Å². The largest absolute Gasteiger partial charge is 0.386 e. The minimum Gasteiger partial charge on any atom is -0.386 e. The number of pyridine rings is 1. The molecule has 0 spiro atoms. The Balaban J connectivity index is 2.69. The summed E-state index contributed by atoms with van der Waals surface area (Å²) in [5, 5.41) is 10.7. The molecule has 0 amide bonds. The number of aliphatic hydroxyl groups is 1. The number of rotatable bonds is 4. The molecule has 1 unspecified atom stereocenters. The van der Waals surface area contributed by atoms with Gasteiger partial charge in [-0.1, -0.05) is 18.5 Å². The molecule has 1 aromatic carbocycles. The van der Waals surface area contributed by atoms with Crippen LogP contribution in [0.5, 0.6) is 0 Å². The first-order valence-electron chi connectivity index (χ1n) is 7.13. The first kappa shape index (κ1) is 16.9. The zero-order valence-electron chi connectivity index (χ0n) is 12.9. The number of hydrogen-bond acceptors (Lipinski definition) is 3. The molecule has 0 aliphatic heterocycles. The van der Waals surface area contributed by atoms with Crippen LogP contribution in [0.15, 0.2) is 30.3 Å². The Hall–Kier alpha value is -1.49. The van der Waals surface area contributed by atoms with E-state index in [0.29, 0.717) is 28.4 Å². The van der Waals surface area contributed by atoms with Crippen LogP contribution < -0.4 is 5.73 Å². The number of aromatic nitrogens is 1. The van der Waals surface area contributed by atoms with Gasteiger partial charge in [0.25, 0.3) is 0 Å². The van der Waals surface area contributed by atoms with Crippen molar-refractivity contribution in [2.24, 2.45) is 5.73 Å². The summed E-state index contributed by atoms with van der Waals surface area (Å²) in [6.45, 7) is 5.72. The minimum atomic E-state index is -1.11. The van der Waals surface area contributed by atoms with Gasteiger partial charge in [-0.25, -0.2) is 4.39 Å². The highest BCUT2D eigenvalue weighted by Gasteiger charge is 2.25. The molecule has 0 saturated heterocycles. The predicted molar refractivity (Wildman–Crippen MR) is 87.4 cm³/mol. The highest BCUT2D eigenvalue weighted by molar-refractivity contribution is 6.34. The predicted octanol–water partition coefficient (Wildman–Crippen LogP) is 3.83. The molecule has 0 radical (unpaired) electrons. The highest BCUT2D eigenvalue weighted by Crippen LogP contribution is 2.36. The fourth-order valence-electron chi connectivity index (χ4n) is 2.17. The Kier molecular flexibility index (Phi) is 4.85. The third-order valence-corrected chi connectivity index (χ3v) is 4.00. The lowest BCUT2D eigenvalue weighted by molar-refractivity contribution is 0.0785. The van der Waals surface area contributed by atoms with E-state index in [1.54, 1.807) is 32.0 Å². The van der Waals surface area contributed by atoms with Gasteiger partial charge in [0, 0.05) is 29.3 Å². The summed E-state index contributed by atoms with van der Waals surface area (Å²) < 4.78 is 13.1. The third kappa shape index (κ3) is 3.46. The second-order valence-electron chi connectivity index (χ2n) is 5.96. The van der Waals surface area contributed by atoms with Crippen LogP contribution in [0.4, 0.5) is 4.39 Å². The molecular weight excluding hydrogens is 303 g/mol. The summed E-state index contributed by atoms with van der Waals surface area (Å²) in [6, 6.07) is 7.74. The van der Waals surface area contributed by atoms with E-state index in [1.807, 2.05) is 6.92 Å². The topological polar surface area (TPSA) is 59.1 Å². The van der Waals surface area contributed by atoms with E-state index in [1.165, 1.54) is 12.1 Å². The summed E-state index contributed by atoms with van der Waals surface area (Å²) in [6.07, 6.45) is 0. The van der Waals surface area contributed by atoms with Crippen LogP contribution in [0.2, 0.25) is 5.02 Å². The number of hydrogen-bond donors (Lipinski definition) is 2. The molecule has 0 fully saturated rings. The molecule has 0 bridgehead atoms. The second kappa shape index (κ2) is 6.32. The van der Waals surface area contributed by atoms with Crippen molar-refractivity contribution in [1.29, 1.82) is 0 Å². The smallest absolute Gasteiger partial charge is 0.123 e. The van der Waals surface area contributed by atoms with Gasteiger partial charge in [0.2, 0.25) is 0 Å². The van der Waals surface area contributed by atoms with E-state index in [0.717, 1.165) is 5.69 Å². The van der Waals surface area contributed by atoms with E-state index in [9.17, 15) is 9.50 Å². The van der Waals surface area contributed by atoms with E-state index in [4.69, 9.17) is 17.3 Å². The first-order chi connectivity index (χ1) is 10.2. The third-order valence-electron chi connectivity index (χ3n) is 3.61. The molecule has 118 valence electrons. The standard InChI is InChI=1S/C17H20ClFN2O/c1-10(9-20)14-8-13(17(2,3)22)15(18)16(21-14)11-4-6-12(19)7-5-11/h4-8,10,22H,9,20H2,1-3H3. The maximum Gasteiger partial charge on any atom is 0.123 e. The van der Waals surface area contributed by atoms with Crippen molar-refractivity contribution in [3.63, 3.8) is 0 Å². The van der Waals surface area contributed by atoms with Gasteiger partial charge in [-0.3, -0.25) is 4.98 Å². The van der Waals surface area contributed by atoms with E-state index < -0.39 is 5.60 Å². The average molecular weight is 323 g/mol. The second-order valence-corrected chi connectivity index (χ2v) is 6.34. The lowest BCUT2D eigenvalue weighted by Gasteiger charge is -2.23. The average Bonchev–Trinajstić information content (AvgIpc) is 2.46. The van der Waals surface area contributed by atoms with Crippen molar-refractivity contribution < 1.29 is 9.50 Å². The molecule has 1 heterocycles. The van der Waals surface area contributed by atoms with Crippen LogP contribution in [-0.4, -0.2) is 16.6 Å². The molecule has 0 aliphatic carbocycles. The maximum absolute atomic E-state index is 13.1. The van der Waals surface area contributed by atoms with Gasteiger partial charge in [-0.2, -0.15) is 0 Å². The van der Waals surface area contributed by atoms with Crippen LogP contribution in [0, 0.1) is 5.82 Å². The summed E-state index contributed by atoms with van der Waals surface area (Å²) in [4.78, 5) is 4.57. The monoisotopic (exact) mass is 322 g/mol. The molecule has 1 aromatic heterocycles. The molecule has 2 rings (SSSR count). The summed E-state index contributed by atoms with van der Waals surface area (Å²) in [7, 11) is 0. The van der Waals surface area contributed by atoms with Crippen molar-refractivity contribution in [3.05, 3.63) is 52.4 Å². The Labute approximate surface area is 135 Å². The maximum atomic E-state index is 13.1. The van der Waals surface area contributed by atoms with Gasteiger partial charge in [0.15, 0.2) is 0 Å². The highest BCUT2D eigenvalue weighted by atomic mass is 35.5. The fraction of sp³-hybridized carbons (Fsp3) is 0.353. The molecule has 0 saturated carbocycles. The van der Waals surface area contributed by atoms with Gasteiger partial charge in [0.1, 0.15) is 5.82 Å². The number of halogens is 2. The van der Waals surface area contributed by atoms with Gasteiger partial charge in [-0.15, -0.1) is 0 Å². The Morgan fingerprint density at radius 1 is 1.32 bits per heavy atom. The summed E-state index contributed by atoms with van der Waals surface area (Å²) in [5.41, 5.74) is 7.17. The van der Waals surface area contributed by atoms with Crippen LogP contribution in [-0.2, 0) is 5.60 Å². The lowest BCUT2D eigenvalue weighted by atomic mass is 9.93. The van der Waals surface area contributed by atoms with E-state index in [2.05, 4.69) is 4.98 Å². The number of benzene rings is 1. The van der Waals surface area contributed by atoms with Crippen molar-refractivity contribution in [1.82, 2.24) is 4.98 Å². The van der Waals surface area contributed by atoms with Crippen LogP contribution in [0.25, 0.3) is 11.3 Å².